The Morgan fingerprint density at radius 2 is 1.89 bits per heavy atom. The number of carboxylic acids is 1. The minimum Gasteiger partial charge on any atom is -0.491 e. The summed E-state index contributed by atoms with van der Waals surface area (Å²) in [7, 11) is 0. The lowest BCUT2D eigenvalue weighted by atomic mass is 10.0. The molecule has 38 heavy (non-hydrogen) atoms. The van der Waals surface area contributed by atoms with Crippen LogP contribution in [0.15, 0.2) is 47.4 Å². The largest absolute Gasteiger partial charge is 0.491 e. The highest BCUT2D eigenvalue weighted by atomic mass is 19.1. The van der Waals surface area contributed by atoms with Crippen molar-refractivity contribution in [3.63, 3.8) is 0 Å². The molecule has 1 saturated heterocycles. The molecule has 0 radical (unpaired) electrons. The van der Waals surface area contributed by atoms with Gasteiger partial charge in [-0.25, -0.2) is 9.18 Å². The molecule has 1 fully saturated rings. The molecule has 0 aliphatic carbocycles. The lowest BCUT2D eigenvalue weighted by Gasteiger charge is -2.22. The van der Waals surface area contributed by atoms with Crippen molar-refractivity contribution in [2.75, 3.05) is 26.4 Å². The second-order valence-electron chi connectivity index (χ2n) is 9.20. The van der Waals surface area contributed by atoms with Gasteiger partial charge in [-0.3, -0.25) is 4.79 Å². The topological polar surface area (TPSA) is 96.2 Å². The van der Waals surface area contributed by atoms with Crippen LogP contribution in [0.25, 0.3) is 22.0 Å². The molecular weight excluding hydrogens is 493 g/mol. The monoisotopic (exact) mass is 527 g/mol. The Labute approximate surface area is 220 Å². The molecule has 2 heterocycles. The molecule has 2 aromatic carbocycles. The zero-order chi connectivity index (χ0) is 27.1. The maximum atomic E-state index is 15.1. The van der Waals surface area contributed by atoms with E-state index in [4.69, 9.17) is 18.9 Å². The predicted molar refractivity (Wildman–Crippen MR) is 141 cm³/mol. The third-order valence-electron chi connectivity index (χ3n) is 6.52. The van der Waals surface area contributed by atoms with Crippen molar-refractivity contribution in [1.29, 1.82) is 0 Å². The molecule has 0 bridgehead atoms. The normalized spacial score (nSPS) is 16.3. The number of aromatic nitrogens is 1. The van der Waals surface area contributed by atoms with Gasteiger partial charge in [-0.1, -0.05) is 26.0 Å². The first-order chi connectivity index (χ1) is 18.4. The van der Waals surface area contributed by atoms with E-state index in [9.17, 15) is 14.7 Å². The van der Waals surface area contributed by atoms with Crippen molar-refractivity contribution in [2.45, 2.75) is 58.3 Å². The lowest BCUT2D eigenvalue weighted by molar-refractivity contribution is -0.165. The van der Waals surface area contributed by atoms with Gasteiger partial charge in [-0.2, -0.15) is 0 Å². The number of fused-ring (bicyclic) bond motifs is 1. The first kappa shape index (κ1) is 27.6. The van der Waals surface area contributed by atoms with E-state index in [1.54, 1.807) is 31.2 Å². The average molecular weight is 528 g/mol. The molecule has 9 heteroatoms. The molecule has 1 aliphatic rings. The van der Waals surface area contributed by atoms with E-state index in [0.717, 1.165) is 19.3 Å². The van der Waals surface area contributed by atoms with Gasteiger partial charge in [-0.05, 0) is 61.9 Å². The van der Waals surface area contributed by atoms with Crippen LogP contribution in [0.3, 0.4) is 0 Å². The zero-order valence-electron chi connectivity index (χ0n) is 21.8. The molecule has 0 amide bonds. The van der Waals surface area contributed by atoms with E-state index in [2.05, 4.69) is 0 Å². The number of nitrogens with zero attached hydrogens (tertiary/aromatic N) is 1. The Balaban J connectivity index is 1.64. The SMILES string of the molecule is CCCOc1ccc(F)c2c(=O)c(-c3ccc(OCCOC4CCCCO4)cc3)cn(C(CC)C(=O)O)c12. The summed E-state index contributed by atoms with van der Waals surface area (Å²) in [5.74, 6) is -0.956. The second-order valence-corrected chi connectivity index (χ2v) is 9.20. The molecular formula is C29H34FNO7. The van der Waals surface area contributed by atoms with Gasteiger partial charge in [0.15, 0.2) is 11.7 Å². The Morgan fingerprint density at radius 3 is 2.55 bits per heavy atom. The second kappa shape index (κ2) is 12.9. The Hall–Kier alpha value is -3.43. The summed E-state index contributed by atoms with van der Waals surface area (Å²) in [6, 6.07) is 8.43. The van der Waals surface area contributed by atoms with Gasteiger partial charge in [-0.15, -0.1) is 0 Å². The summed E-state index contributed by atoms with van der Waals surface area (Å²) < 4.78 is 39.3. The number of ether oxygens (including phenoxy) is 4. The van der Waals surface area contributed by atoms with Gasteiger partial charge in [0, 0.05) is 18.4 Å². The summed E-state index contributed by atoms with van der Waals surface area (Å²) >= 11 is 0. The van der Waals surface area contributed by atoms with Gasteiger partial charge in [0.2, 0.25) is 0 Å². The molecule has 8 nitrogen and oxygen atoms in total. The van der Waals surface area contributed by atoms with Gasteiger partial charge in [0.25, 0.3) is 0 Å². The van der Waals surface area contributed by atoms with Crippen LogP contribution >= 0.6 is 0 Å². The molecule has 0 saturated carbocycles. The fourth-order valence-corrected chi connectivity index (χ4v) is 4.60. The third kappa shape index (κ3) is 6.16. The van der Waals surface area contributed by atoms with Crippen molar-refractivity contribution in [3.8, 4) is 22.6 Å². The average Bonchev–Trinajstić information content (AvgIpc) is 2.93. The molecule has 204 valence electrons. The maximum absolute atomic E-state index is 15.1. The number of hydrogen-bond acceptors (Lipinski definition) is 6. The molecule has 1 aromatic heterocycles. The number of aliphatic carboxylic acids is 1. The van der Waals surface area contributed by atoms with E-state index in [1.807, 2.05) is 6.92 Å². The van der Waals surface area contributed by atoms with Crippen molar-refractivity contribution in [1.82, 2.24) is 4.57 Å². The highest BCUT2D eigenvalue weighted by Crippen LogP contribution is 2.32. The molecule has 3 aromatic rings. The number of carbonyl (C=O) groups is 1. The smallest absolute Gasteiger partial charge is 0.326 e. The summed E-state index contributed by atoms with van der Waals surface area (Å²) in [6.45, 7) is 5.44. The molecule has 4 rings (SSSR count). The van der Waals surface area contributed by atoms with Crippen LogP contribution in [0, 0.1) is 5.82 Å². The van der Waals surface area contributed by atoms with Gasteiger partial charge in [0.05, 0.1) is 24.1 Å². The Morgan fingerprint density at radius 1 is 1.11 bits per heavy atom. The van der Waals surface area contributed by atoms with Crippen molar-refractivity contribution >= 4 is 16.9 Å². The summed E-state index contributed by atoms with van der Waals surface area (Å²) in [6.07, 6.45) is 5.26. The van der Waals surface area contributed by atoms with Crippen LogP contribution in [0.1, 0.15) is 52.0 Å². The summed E-state index contributed by atoms with van der Waals surface area (Å²) in [4.78, 5) is 25.7. The quantitative estimate of drug-likeness (QED) is 0.308. The standard InChI is InChI=1S/C29H34FNO7/c1-3-14-36-24-13-12-22(30)26-27(24)31(23(4-2)29(33)34)18-21(28(26)32)19-8-10-20(11-9-19)35-16-17-38-25-7-5-6-15-37-25/h8-13,18,23,25H,3-7,14-17H2,1-2H3,(H,33,34). The molecule has 2 unspecified atom stereocenters. The minimum absolute atomic E-state index is 0.142. The number of halogens is 1. The number of hydrogen-bond donors (Lipinski definition) is 1. The Bertz CT molecular complexity index is 1300. The van der Waals surface area contributed by atoms with Crippen molar-refractivity contribution < 1.29 is 33.2 Å². The fraction of sp³-hybridized carbons (Fsp3) is 0.448. The third-order valence-corrected chi connectivity index (χ3v) is 6.52. The van der Waals surface area contributed by atoms with Crippen LogP contribution < -0.4 is 14.9 Å². The molecule has 1 N–H and O–H groups in total. The fourth-order valence-electron chi connectivity index (χ4n) is 4.60. The molecule has 0 spiro atoms. The van der Waals surface area contributed by atoms with Crippen LogP contribution in [0.5, 0.6) is 11.5 Å². The number of carboxylic acid groups (broad SMARTS) is 1. The summed E-state index contributed by atoms with van der Waals surface area (Å²) in [5, 5.41) is 9.71. The van der Waals surface area contributed by atoms with E-state index in [1.165, 1.54) is 22.9 Å². The lowest BCUT2D eigenvalue weighted by Crippen LogP contribution is -2.24. The van der Waals surface area contributed by atoms with Crippen LogP contribution in [-0.2, 0) is 14.3 Å². The van der Waals surface area contributed by atoms with E-state index in [-0.39, 0.29) is 34.9 Å². The van der Waals surface area contributed by atoms with Crippen LogP contribution in [0.2, 0.25) is 0 Å². The van der Waals surface area contributed by atoms with Gasteiger partial charge >= 0.3 is 5.97 Å². The first-order valence-corrected chi connectivity index (χ1v) is 13.1. The Kier molecular flexibility index (Phi) is 9.36. The number of pyridine rings is 1. The minimum atomic E-state index is -1.08. The highest BCUT2D eigenvalue weighted by molar-refractivity contribution is 5.90. The maximum Gasteiger partial charge on any atom is 0.326 e. The van der Waals surface area contributed by atoms with Crippen LogP contribution in [-0.4, -0.2) is 48.4 Å². The van der Waals surface area contributed by atoms with E-state index < -0.39 is 23.3 Å². The molecule has 2 atom stereocenters. The van der Waals surface area contributed by atoms with E-state index >= 15 is 4.39 Å². The number of benzene rings is 2. The van der Waals surface area contributed by atoms with Gasteiger partial charge < -0.3 is 28.6 Å². The zero-order valence-corrected chi connectivity index (χ0v) is 21.8. The molecule has 1 aliphatic heterocycles. The van der Waals surface area contributed by atoms with Gasteiger partial charge in [0.1, 0.15) is 30.0 Å². The van der Waals surface area contributed by atoms with Crippen LogP contribution in [0.4, 0.5) is 4.39 Å². The predicted octanol–water partition coefficient (Wildman–Crippen LogP) is 5.55. The first-order valence-electron chi connectivity index (χ1n) is 13.1. The van der Waals surface area contributed by atoms with Crippen molar-refractivity contribution in [2.24, 2.45) is 0 Å². The van der Waals surface area contributed by atoms with E-state index in [0.29, 0.717) is 44.2 Å². The summed E-state index contributed by atoms with van der Waals surface area (Å²) in [5.41, 5.74) is 0.311. The highest BCUT2D eigenvalue weighted by Gasteiger charge is 2.25. The van der Waals surface area contributed by atoms with Crippen molar-refractivity contribution in [3.05, 3.63) is 58.6 Å². The number of rotatable bonds is 12.